The number of allylic oxidation sites excluding steroid dienone is 1. The van der Waals surface area contributed by atoms with Crippen molar-refractivity contribution >= 4 is 16.7 Å². The summed E-state index contributed by atoms with van der Waals surface area (Å²) in [6.07, 6.45) is 4.01. The number of rotatable bonds is 3. The van der Waals surface area contributed by atoms with E-state index in [2.05, 4.69) is 35.1 Å². The SMILES string of the molecule is COC(=O)/C=C/Cc1ccc2ccccc2c1. The molecule has 0 aliphatic heterocycles. The van der Waals surface area contributed by atoms with Gasteiger partial charge in [0.25, 0.3) is 0 Å². The number of carbonyl (C=O) groups is 1. The Bertz CT molecular complexity index is 556. The van der Waals surface area contributed by atoms with E-state index in [-0.39, 0.29) is 5.97 Å². The molecular weight excluding hydrogens is 212 g/mol. The standard InChI is InChI=1S/C15H14O2/c1-17-15(16)8-4-5-12-9-10-13-6-2-3-7-14(13)11-12/h2-4,6-11H,5H2,1H3/b8-4+. The van der Waals surface area contributed by atoms with E-state index in [1.807, 2.05) is 18.2 Å². The number of hydrogen-bond donors (Lipinski definition) is 0. The first-order valence-corrected chi connectivity index (χ1v) is 5.52. The maximum Gasteiger partial charge on any atom is 0.330 e. The minimum absolute atomic E-state index is 0.314. The lowest BCUT2D eigenvalue weighted by atomic mass is 10.1. The lowest BCUT2D eigenvalue weighted by Gasteiger charge is -2.00. The van der Waals surface area contributed by atoms with Crippen molar-refractivity contribution < 1.29 is 9.53 Å². The summed E-state index contributed by atoms with van der Waals surface area (Å²) >= 11 is 0. The van der Waals surface area contributed by atoms with E-state index in [9.17, 15) is 4.79 Å². The zero-order chi connectivity index (χ0) is 12.1. The van der Waals surface area contributed by atoms with Crippen LogP contribution in [0.25, 0.3) is 10.8 Å². The summed E-state index contributed by atoms with van der Waals surface area (Å²) < 4.78 is 4.53. The highest BCUT2D eigenvalue weighted by Gasteiger charge is 1.95. The molecule has 0 N–H and O–H groups in total. The van der Waals surface area contributed by atoms with Crippen molar-refractivity contribution in [3.8, 4) is 0 Å². The average Bonchev–Trinajstić information content (AvgIpc) is 2.38. The van der Waals surface area contributed by atoms with Gasteiger partial charge >= 0.3 is 5.97 Å². The van der Waals surface area contributed by atoms with Crippen LogP contribution in [0.4, 0.5) is 0 Å². The van der Waals surface area contributed by atoms with Crippen molar-refractivity contribution in [3.63, 3.8) is 0 Å². The molecule has 2 nitrogen and oxygen atoms in total. The zero-order valence-electron chi connectivity index (χ0n) is 9.72. The van der Waals surface area contributed by atoms with Gasteiger partial charge in [-0.1, -0.05) is 48.5 Å². The Morgan fingerprint density at radius 1 is 1.18 bits per heavy atom. The van der Waals surface area contributed by atoms with Crippen LogP contribution in [0.2, 0.25) is 0 Å². The van der Waals surface area contributed by atoms with E-state index < -0.39 is 0 Å². The third-order valence-electron chi connectivity index (χ3n) is 2.62. The van der Waals surface area contributed by atoms with Crippen molar-refractivity contribution in [2.24, 2.45) is 0 Å². The Balaban J connectivity index is 2.14. The highest BCUT2D eigenvalue weighted by molar-refractivity contribution is 5.83. The van der Waals surface area contributed by atoms with Gasteiger partial charge in [-0.05, 0) is 22.8 Å². The molecule has 2 heteroatoms. The highest BCUT2D eigenvalue weighted by Crippen LogP contribution is 2.16. The molecule has 0 radical (unpaired) electrons. The lowest BCUT2D eigenvalue weighted by Crippen LogP contribution is -1.94. The molecule has 0 fully saturated rings. The zero-order valence-corrected chi connectivity index (χ0v) is 9.72. The summed E-state index contributed by atoms with van der Waals surface area (Å²) in [5, 5.41) is 2.45. The fourth-order valence-electron chi connectivity index (χ4n) is 1.73. The van der Waals surface area contributed by atoms with E-state index in [4.69, 9.17) is 0 Å². The van der Waals surface area contributed by atoms with Gasteiger partial charge in [0.05, 0.1) is 7.11 Å². The van der Waals surface area contributed by atoms with Crippen LogP contribution in [-0.4, -0.2) is 13.1 Å². The monoisotopic (exact) mass is 226 g/mol. The number of hydrogen-bond acceptors (Lipinski definition) is 2. The minimum Gasteiger partial charge on any atom is -0.466 e. The minimum atomic E-state index is -0.314. The molecular formula is C15H14O2. The first kappa shape index (κ1) is 11.4. The number of benzene rings is 2. The third-order valence-corrected chi connectivity index (χ3v) is 2.62. The first-order chi connectivity index (χ1) is 8.29. The Morgan fingerprint density at radius 2 is 1.94 bits per heavy atom. The van der Waals surface area contributed by atoms with E-state index >= 15 is 0 Å². The summed E-state index contributed by atoms with van der Waals surface area (Å²) in [6, 6.07) is 14.5. The van der Waals surface area contributed by atoms with Crippen molar-refractivity contribution in [2.45, 2.75) is 6.42 Å². The van der Waals surface area contributed by atoms with E-state index in [1.54, 1.807) is 0 Å². The molecule has 0 aliphatic carbocycles. The Labute approximate surface area is 101 Å². The van der Waals surface area contributed by atoms with Gasteiger partial charge in [-0.25, -0.2) is 4.79 Å². The molecule has 0 aliphatic rings. The molecule has 0 amide bonds. The molecule has 0 saturated carbocycles. The molecule has 2 aromatic rings. The van der Waals surface area contributed by atoms with E-state index in [0.29, 0.717) is 0 Å². The van der Waals surface area contributed by atoms with Gasteiger partial charge in [-0.3, -0.25) is 0 Å². The summed E-state index contributed by atoms with van der Waals surface area (Å²) in [5.41, 5.74) is 1.18. The molecule has 0 atom stereocenters. The molecule has 0 aromatic heterocycles. The van der Waals surface area contributed by atoms with Gasteiger partial charge < -0.3 is 4.74 Å². The second kappa shape index (κ2) is 5.30. The van der Waals surface area contributed by atoms with Crippen LogP contribution in [0.5, 0.6) is 0 Å². The van der Waals surface area contributed by atoms with Gasteiger partial charge in [0.15, 0.2) is 0 Å². The fraction of sp³-hybridized carbons (Fsp3) is 0.133. The molecule has 17 heavy (non-hydrogen) atoms. The molecule has 0 bridgehead atoms. The lowest BCUT2D eigenvalue weighted by molar-refractivity contribution is -0.134. The summed E-state index contributed by atoms with van der Waals surface area (Å²) in [4.78, 5) is 10.9. The number of fused-ring (bicyclic) bond motifs is 1. The average molecular weight is 226 g/mol. The van der Waals surface area contributed by atoms with Crippen molar-refractivity contribution in [2.75, 3.05) is 7.11 Å². The van der Waals surface area contributed by atoms with Crippen molar-refractivity contribution in [1.29, 1.82) is 0 Å². The maximum absolute atomic E-state index is 10.9. The second-order valence-corrected chi connectivity index (χ2v) is 3.81. The summed E-state index contributed by atoms with van der Waals surface area (Å²) in [6.45, 7) is 0. The predicted molar refractivity (Wildman–Crippen MR) is 68.8 cm³/mol. The van der Waals surface area contributed by atoms with Gasteiger partial charge in [0.2, 0.25) is 0 Å². The molecule has 0 unspecified atom stereocenters. The number of esters is 1. The van der Waals surface area contributed by atoms with Crippen LogP contribution in [0.3, 0.4) is 0 Å². The van der Waals surface area contributed by atoms with Gasteiger partial charge in [-0.15, -0.1) is 0 Å². The molecule has 86 valence electrons. The Kier molecular flexibility index (Phi) is 3.55. The smallest absolute Gasteiger partial charge is 0.330 e. The van der Waals surface area contributed by atoms with Gasteiger partial charge in [0.1, 0.15) is 0 Å². The Hall–Kier alpha value is -2.09. The number of ether oxygens (including phenoxy) is 1. The molecule has 0 saturated heterocycles. The first-order valence-electron chi connectivity index (χ1n) is 5.52. The van der Waals surface area contributed by atoms with Crippen molar-refractivity contribution in [1.82, 2.24) is 0 Å². The number of carbonyl (C=O) groups excluding carboxylic acids is 1. The van der Waals surface area contributed by atoms with E-state index in [0.717, 1.165) is 6.42 Å². The van der Waals surface area contributed by atoms with Gasteiger partial charge in [-0.2, -0.15) is 0 Å². The van der Waals surface area contributed by atoms with Crippen LogP contribution in [0.1, 0.15) is 5.56 Å². The van der Waals surface area contributed by atoms with Crippen LogP contribution in [-0.2, 0) is 16.0 Å². The van der Waals surface area contributed by atoms with Crippen molar-refractivity contribution in [3.05, 3.63) is 60.2 Å². The summed E-state index contributed by atoms with van der Waals surface area (Å²) in [7, 11) is 1.38. The molecule has 2 aromatic carbocycles. The second-order valence-electron chi connectivity index (χ2n) is 3.81. The quantitative estimate of drug-likeness (QED) is 0.593. The van der Waals surface area contributed by atoms with Crippen LogP contribution in [0, 0.1) is 0 Å². The molecule has 2 rings (SSSR count). The predicted octanol–water partition coefficient (Wildman–Crippen LogP) is 3.11. The van der Waals surface area contributed by atoms with Gasteiger partial charge in [0, 0.05) is 6.08 Å². The topological polar surface area (TPSA) is 26.3 Å². The Morgan fingerprint density at radius 3 is 2.71 bits per heavy atom. The van der Waals surface area contributed by atoms with E-state index in [1.165, 1.54) is 29.5 Å². The summed E-state index contributed by atoms with van der Waals surface area (Å²) in [5.74, 6) is -0.314. The molecule has 0 spiro atoms. The maximum atomic E-state index is 10.9. The third kappa shape index (κ3) is 2.94. The van der Waals surface area contributed by atoms with Crippen LogP contribution in [0.15, 0.2) is 54.6 Å². The fourth-order valence-corrected chi connectivity index (χ4v) is 1.73. The number of methoxy groups -OCH3 is 1. The van der Waals surface area contributed by atoms with Crippen LogP contribution >= 0.6 is 0 Å². The highest BCUT2D eigenvalue weighted by atomic mass is 16.5. The normalized spacial score (nSPS) is 10.9. The molecule has 0 heterocycles. The largest absolute Gasteiger partial charge is 0.466 e. The van der Waals surface area contributed by atoms with Crippen LogP contribution < -0.4 is 0 Å².